The highest BCUT2D eigenvalue weighted by molar-refractivity contribution is 6.35. The van der Waals surface area contributed by atoms with E-state index in [9.17, 15) is 9.59 Å². The lowest BCUT2D eigenvalue weighted by Gasteiger charge is -2.09. The smallest absolute Gasteiger partial charge is 0.329 e. The number of nitrogens with zero attached hydrogens (tertiary/aromatic N) is 1. The minimum absolute atomic E-state index is 0.242. The van der Waals surface area contributed by atoms with Crippen molar-refractivity contribution in [3.63, 3.8) is 0 Å². The molecule has 0 aliphatic carbocycles. The molecule has 8 heteroatoms. The molecule has 2 rings (SSSR count). The van der Waals surface area contributed by atoms with Crippen molar-refractivity contribution in [1.29, 1.82) is 0 Å². The van der Waals surface area contributed by atoms with Crippen molar-refractivity contribution in [3.8, 4) is 5.75 Å². The van der Waals surface area contributed by atoms with Crippen molar-refractivity contribution in [2.45, 2.75) is 13.5 Å². The molecule has 2 amide bonds. The minimum atomic E-state index is -0.864. The third kappa shape index (κ3) is 7.02. The largest absolute Gasteiger partial charge is 0.487 e. The molecule has 2 aromatic rings. The second kappa shape index (κ2) is 11.1. The molecule has 2 N–H and O–H groups in total. The number of halogens is 1. The summed E-state index contributed by atoms with van der Waals surface area (Å²) in [6.07, 6.45) is 1.38. The Labute approximate surface area is 168 Å². The number of methoxy groups -OCH3 is 1. The molecule has 148 valence electrons. The molecule has 0 saturated carbocycles. The summed E-state index contributed by atoms with van der Waals surface area (Å²) in [5.74, 6) is -1.11. The number of nitrogens with one attached hydrogen (secondary N) is 2. The fraction of sp³-hybridized carbons (Fsp3) is 0.250. The highest BCUT2D eigenvalue weighted by atomic mass is 35.5. The van der Waals surface area contributed by atoms with Gasteiger partial charge in [-0.3, -0.25) is 9.59 Å². The van der Waals surface area contributed by atoms with E-state index in [0.717, 1.165) is 5.56 Å². The van der Waals surface area contributed by atoms with E-state index >= 15 is 0 Å². The van der Waals surface area contributed by atoms with Crippen molar-refractivity contribution in [1.82, 2.24) is 10.7 Å². The van der Waals surface area contributed by atoms with Gasteiger partial charge in [-0.05, 0) is 36.2 Å². The van der Waals surface area contributed by atoms with E-state index in [2.05, 4.69) is 15.8 Å². The number of carbonyl (C=O) groups excluding carboxylic acids is 2. The zero-order valence-electron chi connectivity index (χ0n) is 15.7. The Bertz CT molecular complexity index is 838. The van der Waals surface area contributed by atoms with Crippen LogP contribution in [0.1, 0.15) is 16.7 Å². The molecular formula is C20H22ClN3O4. The van der Waals surface area contributed by atoms with Crippen molar-refractivity contribution in [2.75, 3.05) is 20.3 Å². The minimum Gasteiger partial charge on any atom is -0.487 e. The van der Waals surface area contributed by atoms with Crippen LogP contribution in [0.15, 0.2) is 47.6 Å². The first-order valence-electron chi connectivity index (χ1n) is 8.57. The number of hydrogen-bond donors (Lipinski definition) is 2. The van der Waals surface area contributed by atoms with E-state index < -0.39 is 11.8 Å². The van der Waals surface area contributed by atoms with Gasteiger partial charge in [0.05, 0.1) is 17.8 Å². The molecule has 0 aromatic heterocycles. The van der Waals surface area contributed by atoms with E-state index in [1.807, 2.05) is 31.2 Å². The molecular weight excluding hydrogens is 382 g/mol. The maximum absolute atomic E-state index is 11.6. The summed E-state index contributed by atoms with van der Waals surface area (Å²) in [5, 5.41) is 6.56. The lowest BCUT2D eigenvalue weighted by Crippen LogP contribution is -2.39. The number of rotatable bonds is 8. The van der Waals surface area contributed by atoms with E-state index in [4.69, 9.17) is 21.1 Å². The number of hydrogen-bond acceptors (Lipinski definition) is 5. The zero-order valence-corrected chi connectivity index (χ0v) is 16.5. The molecule has 7 nitrogen and oxygen atoms in total. The van der Waals surface area contributed by atoms with Gasteiger partial charge in [0.15, 0.2) is 0 Å². The van der Waals surface area contributed by atoms with Gasteiger partial charge in [0, 0.05) is 13.7 Å². The van der Waals surface area contributed by atoms with Crippen LogP contribution in [0.4, 0.5) is 0 Å². The second-order valence-electron chi connectivity index (χ2n) is 5.91. The zero-order chi connectivity index (χ0) is 20.4. The maximum atomic E-state index is 11.6. The third-order valence-electron chi connectivity index (χ3n) is 3.65. The molecule has 0 bridgehead atoms. The SMILES string of the molecule is COCCNC(=O)C(=O)N/N=C\c1ccc(OCc2ccc(C)cc2)c(Cl)c1. The number of benzene rings is 2. The summed E-state index contributed by atoms with van der Waals surface area (Å²) in [5.41, 5.74) is 5.02. The van der Waals surface area contributed by atoms with Crippen LogP contribution in [0.25, 0.3) is 0 Å². The Morgan fingerprint density at radius 3 is 2.57 bits per heavy atom. The van der Waals surface area contributed by atoms with Gasteiger partial charge in [-0.2, -0.15) is 5.10 Å². The number of hydrazone groups is 1. The van der Waals surface area contributed by atoms with E-state index in [-0.39, 0.29) is 6.54 Å². The average molecular weight is 404 g/mol. The Morgan fingerprint density at radius 1 is 1.14 bits per heavy atom. The number of carbonyl (C=O) groups is 2. The van der Waals surface area contributed by atoms with Crippen LogP contribution in [0, 0.1) is 6.92 Å². The van der Waals surface area contributed by atoms with Gasteiger partial charge in [0.1, 0.15) is 12.4 Å². The van der Waals surface area contributed by atoms with Gasteiger partial charge in [0.25, 0.3) is 0 Å². The molecule has 0 unspecified atom stereocenters. The molecule has 0 fully saturated rings. The molecule has 0 atom stereocenters. The van der Waals surface area contributed by atoms with Gasteiger partial charge in [-0.25, -0.2) is 5.43 Å². The predicted octanol–water partition coefficient (Wildman–Crippen LogP) is 2.44. The number of amides is 2. The summed E-state index contributed by atoms with van der Waals surface area (Å²) < 4.78 is 10.5. The average Bonchev–Trinajstić information content (AvgIpc) is 2.68. The first-order chi connectivity index (χ1) is 13.5. The summed E-state index contributed by atoms with van der Waals surface area (Å²) in [7, 11) is 1.50. The molecule has 0 heterocycles. The normalized spacial score (nSPS) is 10.7. The van der Waals surface area contributed by atoms with Crippen LogP contribution < -0.4 is 15.5 Å². The van der Waals surface area contributed by atoms with Gasteiger partial charge in [-0.15, -0.1) is 0 Å². The first kappa shape index (κ1) is 21.4. The summed E-state index contributed by atoms with van der Waals surface area (Å²) in [6, 6.07) is 13.1. The van der Waals surface area contributed by atoms with Crippen LogP contribution in [0.2, 0.25) is 5.02 Å². The summed E-state index contributed by atoms with van der Waals surface area (Å²) in [4.78, 5) is 23.0. The molecule has 0 saturated heterocycles. The highest BCUT2D eigenvalue weighted by Gasteiger charge is 2.11. The van der Waals surface area contributed by atoms with Crippen molar-refractivity contribution in [3.05, 3.63) is 64.2 Å². The van der Waals surface area contributed by atoms with Gasteiger partial charge in [-0.1, -0.05) is 41.4 Å². The van der Waals surface area contributed by atoms with Crippen molar-refractivity contribution < 1.29 is 19.1 Å². The summed E-state index contributed by atoms with van der Waals surface area (Å²) >= 11 is 6.23. The lowest BCUT2D eigenvalue weighted by atomic mass is 10.2. The topological polar surface area (TPSA) is 89.0 Å². The number of aryl methyl sites for hydroxylation is 1. The van der Waals surface area contributed by atoms with Crippen LogP contribution in [0.5, 0.6) is 5.75 Å². The van der Waals surface area contributed by atoms with Crippen LogP contribution in [-0.4, -0.2) is 38.3 Å². The Kier molecular flexibility index (Phi) is 8.45. The second-order valence-corrected chi connectivity index (χ2v) is 6.32. The fourth-order valence-corrected chi connectivity index (χ4v) is 2.37. The predicted molar refractivity (Wildman–Crippen MR) is 108 cm³/mol. The quantitative estimate of drug-likeness (QED) is 0.306. The monoisotopic (exact) mass is 403 g/mol. The van der Waals surface area contributed by atoms with E-state index in [1.165, 1.54) is 18.9 Å². The molecule has 0 radical (unpaired) electrons. The van der Waals surface area contributed by atoms with E-state index in [1.54, 1.807) is 18.2 Å². The van der Waals surface area contributed by atoms with Crippen molar-refractivity contribution >= 4 is 29.6 Å². The molecule has 0 spiro atoms. The van der Waals surface area contributed by atoms with Crippen molar-refractivity contribution in [2.24, 2.45) is 5.10 Å². The van der Waals surface area contributed by atoms with Crippen LogP contribution >= 0.6 is 11.6 Å². The van der Waals surface area contributed by atoms with Crippen LogP contribution in [0.3, 0.4) is 0 Å². The van der Waals surface area contributed by atoms with E-state index in [0.29, 0.717) is 29.5 Å². The van der Waals surface area contributed by atoms with Gasteiger partial charge >= 0.3 is 11.8 Å². The Morgan fingerprint density at radius 2 is 1.89 bits per heavy atom. The molecule has 28 heavy (non-hydrogen) atoms. The van der Waals surface area contributed by atoms with Gasteiger partial charge in [0.2, 0.25) is 0 Å². The maximum Gasteiger partial charge on any atom is 0.329 e. The Hall–Kier alpha value is -2.90. The molecule has 0 aliphatic rings. The lowest BCUT2D eigenvalue weighted by molar-refractivity contribution is -0.139. The summed E-state index contributed by atoms with van der Waals surface area (Å²) in [6.45, 7) is 2.99. The van der Waals surface area contributed by atoms with Gasteiger partial charge < -0.3 is 14.8 Å². The molecule has 2 aromatic carbocycles. The third-order valence-corrected chi connectivity index (χ3v) is 3.94. The first-order valence-corrected chi connectivity index (χ1v) is 8.95. The molecule has 0 aliphatic heterocycles. The van der Waals surface area contributed by atoms with Crippen LogP contribution in [-0.2, 0) is 20.9 Å². The highest BCUT2D eigenvalue weighted by Crippen LogP contribution is 2.25. The number of ether oxygens (including phenoxy) is 2. The standard InChI is InChI=1S/C20H22ClN3O4/c1-14-3-5-15(6-4-14)13-28-18-8-7-16(11-17(18)21)12-23-24-20(26)19(25)22-9-10-27-2/h3-8,11-12H,9-10,13H2,1-2H3,(H,22,25)(H,24,26)/b23-12-. The fourth-order valence-electron chi connectivity index (χ4n) is 2.12. The Balaban J connectivity index is 1.85.